The molecule has 0 spiro atoms. The van der Waals surface area contributed by atoms with Gasteiger partial charge in [-0.25, -0.2) is 0 Å². The fourth-order valence-corrected chi connectivity index (χ4v) is 1.42. The number of carbonyl (C=O) groups excluding carboxylic acids is 1. The summed E-state index contributed by atoms with van der Waals surface area (Å²) in [5, 5.41) is 12.2. The summed E-state index contributed by atoms with van der Waals surface area (Å²) in [6.45, 7) is 3.73. The topological polar surface area (TPSA) is 84.6 Å². The third-order valence-corrected chi connectivity index (χ3v) is 2.48. The summed E-state index contributed by atoms with van der Waals surface area (Å²) in [5.41, 5.74) is 7.74. The molecule has 17 heavy (non-hydrogen) atoms. The van der Waals surface area contributed by atoms with E-state index in [9.17, 15) is 9.90 Å². The molecule has 1 rings (SSSR count). The lowest BCUT2D eigenvalue weighted by Gasteiger charge is -2.14. The lowest BCUT2D eigenvalue weighted by Crippen LogP contribution is -2.39. The average molecular weight is 238 g/mol. The largest absolute Gasteiger partial charge is 0.508 e. The summed E-state index contributed by atoms with van der Waals surface area (Å²) in [7, 11) is 1.49. The highest BCUT2D eigenvalue weighted by atomic mass is 16.5. The molecule has 1 aromatic carbocycles. The molecule has 0 aromatic heterocycles. The molecule has 0 heterocycles. The monoisotopic (exact) mass is 238 g/mol. The second kappa shape index (κ2) is 5.65. The molecule has 5 nitrogen and oxygen atoms in total. The molecule has 1 aromatic rings. The van der Waals surface area contributed by atoms with Crippen molar-refractivity contribution in [3.05, 3.63) is 23.3 Å². The van der Waals surface area contributed by atoms with Crippen LogP contribution in [0.4, 0.5) is 5.69 Å². The van der Waals surface area contributed by atoms with E-state index < -0.39 is 6.04 Å². The van der Waals surface area contributed by atoms with Crippen LogP contribution >= 0.6 is 0 Å². The molecule has 0 aliphatic rings. The van der Waals surface area contributed by atoms with E-state index in [1.165, 1.54) is 7.11 Å². The van der Waals surface area contributed by atoms with E-state index in [1.54, 1.807) is 26.0 Å². The van der Waals surface area contributed by atoms with Gasteiger partial charge in [-0.05, 0) is 37.1 Å². The smallest absolute Gasteiger partial charge is 0.243 e. The van der Waals surface area contributed by atoms with Crippen LogP contribution in [0.5, 0.6) is 5.75 Å². The quantitative estimate of drug-likeness (QED) is 0.681. The minimum Gasteiger partial charge on any atom is -0.508 e. The second-order valence-electron chi connectivity index (χ2n) is 4.00. The third kappa shape index (κ3) is 3.44. The fourth-order valence-electron chi connectivity index (χ4n) is 1.42. The van der Waals surface area contributed by atoms with Gasteiger partial charge in [-0.1, -0.05) is 0 Å². The molecular weight excluding hydrogens is 220 g/mol. The van der Waals surface area contributed by atoms with Gasteiger partial charge in [-0.15, -0.1) is 0 Å². The SMILES string of the molecule is COCC(N)C(=O)Nc1cc(C)c(O)cc1C. The summed E-state index contributed by atoms with van der Waals surface area (Å²) in [5.74, 6) is -0.0956. The molecule has 0 aliphatic heterocycles. The van der Waals surface area contributed by atoms with Crippen molar-refractivity contribution in [2.75, 3.05) is 19.0 Å². The molecule has 1 atom stereocenters. The number of methoxy groups -OCH3 is 1. The zero-order chi connectivity index (χ0) is 13.0. The van der Waals surface area contributed by atoms with Crippen LogP contribution in [0.3, 0.4) is 0 Å². The second-order valence-corrected chi connectivity index (χ2v) is 4.00. The molecule has 1 unspecified atom stereocenters. The number of amides is 1. The van der Waals surface area contributed by atoms with Gasteiger partial charge in [-0.2, -0.15) is 0 Å². The molecule has 0 saturated carbocycles. The number of aryl methyl sites for hydroxylation is 2. The van der Waals surface area contributed by atoms with Crippen molar-refractivity contribution in [3.8, 4) is 5.75 Å². The van der Waals surface area contributed by atoms with Crippen LogP contribution in [0.2, 0.25) is 0 Å². The Bertz CT molecular complexity index is 418. The number of phenols is 1. The van der Waals surface area contributed by atoms with Gasteiger partial charge < -0.3 is 20.9 Å². The predicted molar refractivity (Wildman–Crippen MR) is 66.1 cm³/mol. The van der Waals surface area contributed by atoms with E-state index in [0.29, 0.717) is 11.3 Å². The minimum absolute atomic E-state index is 0.169. The maximum atomic E-state index is 11.7. The number of nitrogens with two attached hydrogens (primary N) is 1. The van der Waals surface area contributed by atoms with Crippen LogP contribution in [0.15, 0.2) is 12.1 Å². The number of phenolic OH excluding ortho intramolecular Hbond substituents is 1. The van der Waals surface area contributed by atoms with E-state index in [2.05, 4.69) is 5.32 Å². The van der Waals surface area contributed by atoms with Gasteiger partial charge in [0.15, 0.2) is 0 Å². The summed E-state index contributed by atoms with van der Waals surface area (Å²) < 4.78 is 4.81. The summed E-state index contributed by atoms with van der Waals surface area (Å²) in [6.07, 6.45) is 0. The number of benzene rings is 1. The van der Waals surface area contributed by atoms with Gasteiger partial charge >= 0.3 is 0 Å². The van der Waals surface area contributed by atoms with Gasteiger partial charge in [0, 0.05) is 12.8 Å². The number of carbonyl (C=O) groups is 1. The lowest BCUT2D eigenvalue weighted by molar-refractivity contribution is -0.118. The molecule has 0 bridgehead atoms. The van der Waals surface area contributed by atoms with Crippen molar-refractivity contribution in [1.29, 1.82) is 0 Å². The van der Waals surface area contributed by atoms with E-state index >= 15 is 0 Å². The van der Waals surface area contributed by atoms with Crippen LogP contribution < -0.4 is 11.1 Å². The Balaban J connectivity index is 2.81. The highest BCUT2D eigenvalue weighted by Gasteiger charge is 2.14. The van der Waals surface area contributed by atoms with Crippen molar-refractivity contribution in [2.24, 2.45) is 5.73 Å². The Hall–Kier alpha value is -1.59. The normalized spacial score (nSPS) is 12.2. The first-order valence-corrected chi connectivity index (χ1v) is 5.31. The Labute approximate surface area is 101 Å². The van der Waals surface area contributed by atoms with E-state index in [0.717, 1.165) is 5.56 Å². The standard InChI is InChI=1S/C12H18N2O3/c1-7-5-11(15)8(2)4-10(7)14-12(16)9(13)6-17-3/h4-5,9,15H,6,13H2,1-3H3,(H,14,16). The predicted octanol–water partition coefficient (Wildman–Crippen LogP) is 0.921. The van der Waals surface area contributed by atoms with E-state index in [4.69, 9.17) is 10.5 Å². The number of rotatable bonds is 4. The molecule has 94 valence electrons. The minimum atomic E-state index is -0.700. The number of hydrogen-bond donors (Lipinski definition) is 3. The van der Waals surface area contributed by atoms with Crippen molar-refractivity contribution in [1.82, 2.24) is 0 Å². The van der Waals surface area contributed by atoms with Gasteiger partial charge in [-0.3, -0.25) is 4.79 Å². The van der Waals surface area contributed by atoms with Crippen LogP contribution in [0.25, 0.3) is 0 Å². The Morgan fingerprint density at radius 3 is 2.71 bits per heavy atom. The van der Waals surface area contributed by atoms with Crippen molar-refractivity contribution >= 4 is 11.6 Å². The van der Waals surface area contributed by atoms with E-state index in [-0.39, 0.29) is 18.3 Å². The van der Waals surface area contributed by atoms with Crippen molar-refractivity contribution in [3.63, 3.8) is 0 Å². The lowest BCUT2D eigenvalue weighted by atomic mass is 10.1. The van der Waals surface area contributed by atoms with Crippen molar-refractivity contribution < 1.29 is 14.6 Å². The molecule has 5 heteroatoms. The Kier molecular flexibility index (Phi) is 4.48. The fraction of sp³-hybridized carbons (Fsp3) is 0.417. The first-order valence-electron chi connectivity index (χ1n) is 5.31. The zero-order valence-electron chi connectivity index (χ0n) is 10.3. The summed E-state index contributed by atoms with van der Waals surface area (Å²) in [6, 6.07) is 2.61. The molecule has 0 saturated heterocycles. The van der Waals surface area contributed by atoms with Crippen LogP contribution in [0, 0.1) is 13.8 Å². The number of nitrogens with one attached hydrogen (secondary N) is 1. The maximum Gasteiger partial charge on any atom is 0.243 e. The number of ether oxygens (including phenoxy) is 1. The highest BCUT2D eigenvalue weighted by Crippen LogP contribution is 2.24. The summed E-state index contributed by atoms with van der Waals surface area (Å²) >= 11 is 0. The Morgan fingerprint density at radius 1 is 1.47 bits per heavy atom. The van der Waals surface area contributed by atoms with Crippen LogP contribution in [0.1, 0.15) is 11.1 Å². The van der Waals surface area contributed by atoms with Gasteiger partial charge in [0.1, 0.15) is 11.8 Å². The zero-order valence-corrected chi connectivity index (χ0v) is 10.3. The molecular formula is C12H18N2O3. The first kappa shape index (κ1) is 13.5. The van der Waals surface area contributed by atoms with Crippen molar-refractivity contribution in [2.45, 2.75) is 19.9 Å². The maximum absolute atomic E-state index is 11.7. The first-order chi connectivity index (χ1) is 7.95. The third-order valence-electron chi connectivity index (χ3n) is 2.48. The van der Waals surface area contributed by atoms with Gasteiger partial charge in [0.05, 0.1) is 6.61 Å². The number of hydrogen-bond acceptors (Lipinski definition) is 4. The van der Waals surface area contributed by atoms with Crippen LogP contribution in [-0.4, -0.2) is 30.8 Å². The molecule has 0 fully saturated rings. The van der Waals surface area contributed by atoms with Gasteiger partial charge in [0.2, 0.25) is 5.91 Å². The molecule has 4 N–H and O–H groups in total. The van der Waals surface area contributed by atoms with Gasteiger partial charge in [0.25, 0.3) is 0 Å². The molecule has 0 radical (unpaired) electrons. The van der Waals surface area contributed by atoms with E-state index in [1.807, 2.05) is 0 Å². The molecule has 1 amide bonds. The molecule has 0 aliphatic carbocycles. The Morgan fingerprint density at radius 2 is 2.12 bits per heavy atom. The highest BCUT2D eigenvalue weighted by molar-refractivity contribution is 5.95. The van der Waals surface area contributed by atoms with Crippen LogP contribution in [-0.2, 0) is 9.53 Å². The average Bonchev–Trinajstić information content (AvgIpc) is 2.26. The summed E-state index contributed by atoms with van der Waals surface area (Å²) in [4.78, 5) is 11.7. The number of anilines is 1. The number of aromatic hydroxyl groups is 1.